The van der Waals surface area contributed by atoms with Gasteiger partial charge >= 0.3 is 0 Å². The van der Waals surface area contributed by atoms with E-state index in [1.54, 1.807) is 0 Å². The number of nitrogens with zero attached hydrogens (tertiary/aromatic N) is 1. The molecule has 1 aliphatic rings. The van der Waals surface area contributed by atoms with Gasteiger partial charge in [0.15, 0.2) is 0 Å². The van der Waals surface area contributed by atoms with Gasteiger partial charge in [-0.2, -0.15) is 0 Å². The first kappa shape index (κ1) is 13.1. The molecule has 3 heteroatoms. The van der Waals surface area contributed by atoms with Crippen molar-refractivity contribution in [2.75, 3.05) is 13.6 Å². The summed E-state index contributed by atoms with van der Waals surface area (Å²) in [6, 6.07) is 11.3. The lowest BCUT2D eigenvalue weighted by atomic mass is 10.00. The fraction of sp³-hybridized carbons (Fsp3) is 0.533. The first-order valence-corrected chi connectivity index (χ1v) is 6.75. The summed E-state index contributed by atoms with van der Waals surface area (Å²) in [7, 11) is 1.89. The highest BCUT2D eigenvalue weighted by Gasteiger charge is 2.24. The first-order valence-electron chi connectivity index (χ1n) is 6.75. The van der Waals surface area contributed by atoms with Gasteiger partial charge in [-0.05, 0) is 18.4 Å². The van der Waals surface area contributed by atoms with Crippen LogP contribution in [0, 0.1) is 0 Å². The molecule has 2 atom stereocenters. The van der Waals surface area contributed by atoms with E-state index in [9.17, 15) is 4.79 Å². The molecular formula is C15H22N2O. The number of hydrogen-bond donors (Lipinski definition) is 1. The minimum absolute atomic E-state index is 0.265. The molecule has 0 bridgehead atoms. The molecule has 0 aliphatic carbocycles. The van der Waals surface area contributed by atoms with Gasteiger partial charge in [0.05, 0.1) is 0 Å². The molecule has 1 N–H and O–H groups in total. The molecule has 1 saturated heterocycles. The third-order valence-corrected chi connectivity index (χ3v) is 3.67. The average Bonchev–Trinajstić information content (AvgIpc) is 2.41. The smallest absolute Gasteiger partial charge is 0.222 e. The third-order valence-electron chi connectivity index (χ3n) is 3.67. The molecule has 1 heterocycles. The zero-order chi connectivity index (χ0) is 13.0. The van der Waals surface area contributed by atoms with E-state index < -0.39 is 0 Å². The van der Waals surface area contributed by atoms with Crippen molar-refractivity contribution in [1.29, 1.82) is 0 Å². The largest absolute Gasteiger partial charge is 0.344 e. The van der Waals surface area contributed by atoms with Crippen LogP contribution in [0.2, 0.25) is 0 Å². The molecule has 1 amide bonds. The maximum atomic E-state index is 11.5. The van der Waals surface area contributed by atoms with Crippen molar-refractivity contribution in [3.05, 3.63) is 35.9 Å². The van der Waals surface area contributed by atoms with E-state index in [1.807, 2.05) is 18.0 Å². The van der Waals surface area contributed by atoms with E-state index in [0.29, 0.717) is 18.5 Å². The normalized spacial score (nSPS) is 22.0. The fourth-order valence-electron chi connectivity index (χ4n) is 2.57. The van der Waals surface area contributed by atoms with Crippen LogP contribution in [0.15, 0.2) is 30.3 Å². The predicted octanol–water partition coefficient (Wildman–Crippen LogP) is 2.35. The lowest BCUT2D eigenvalue weighted by Crippen LogP contribution is -2.47. The van der Waals surface area contributed by atoms with E-state index >= 15 is 0 Å². The Balaban J connectivity index is 1.97. The number of amides is 1. The minimum atomic E-state index is 0.265. The minimum Gasteiger partial charge on any atom is -0.344 e. The van der Waals surface area contributed by atoms with Gasteiger partial charge in [-0.15, -0.1) is 0 Å². The number of benzene rings is 1. The van der Waals surface area contributed by atoms with Crippen LogP contribution < -0.4 is 5.32 Å². The third kappa shape index (κ3) is 3.10. The van der Waals surface area contributed by atoms with Crippen molar-refractivity contribution in [2.45, 2.75) is 38.3 Å². The number of likely N-dealkylation sites (tertiary alicyclic amines) is 1. The second-order valence-electron chi connectivity index (χ2n) is 5.05. The van der Waals surface area contributed by atoms with Crippen molar-refractivity contribution >= 4 is 5.91 Å². The molecule has 1 fully saturated rings. The summed E-state index contributed by atoms with van der Waals surface area (Å²) in [5.41, 5.74) is 1.33. The predicted molar refractivity (Wildman–Crippen MR) is 73.3 cm³/mol. The van der Waals surface area contributed by atoms with Gasteiger partial charge in [0.2, 0.25) is 5.91 Å². The Hall–Kier alpha value is -1.35. The molecule has 18 heavy (non-hydrogen) atoms. The molecule has 0 saturated carbocycles. The monoisotopic (exact) mass is 246 g/mol. The van der Waals surface area contributed by atoms with E-state index in [0.717, 1.165) is 19.4 Å². The summed E-state index contributed by atoms with van der Waals surface area (Å²) >= 11 is 0. The SMILES string of the molecule is CCC(NC1CCC(=O)N(C)C1)c1ccccc1. The molecular weight excluding hydrogens is 224 g/mol. The molecule has 3 nitrogen and oxygen atoms in total. The van der Waals surface area contributed by atoms with Gasteiger partial charge in [-0.3, -0.25) is 4.79 Å². The Morgan fingerprint density at radius 1 is 1.39 bits per heavy atom. The molecule has 1 aromatic carbocycles. The summed E-state index contributed by atoms with van der Waals surface area (Å²) in [4.78, 5) is 13.3. The number of piperidine rings is 1. The van der Waals surface area contributed by atoms with Crippen LogP contribution in [0.4, 0.5) is 0 Å². The maximum absolute atomic E-state index is 11.5. The lowest BCUT2D eigenvalue weighted by molar-refractivity contribution is -0.132. The second-order valence-corrected chi connectivity index (χ2v) is 5.05. The summed E-state index contributed by atoms with van der Waals surface area (Å²) in [6.07, 6.45) is 2.68. The second kappa shape index (κ2) is 6.01. The van der Waals surface area contributed by atoms with Crippen LogP contribution in [-0.4, -0.2) is 30.4 Å². The van der Waals surface area contributed by atoms with Crippen molar-refractivity contribution < 1.29 is 4.79 Å². The molecule has 1 aliphatic heterocycles. The van der Waals surface area contributed by atoms with Gasteiger partial charge in [0, 0.05) is 32.1 Å². The van der Waals surface area contributed by atoms with Gasteiger partial charge in [0.25, 0.3) is 0 Å². The summed E-state index contributed by atoms with van der Waals surface area (Å²) < 4.78 is 0. The van der Waals surface area contributed by atoms with Gasteiger partial charge in [-0.25, -0.2) is 0 Å². The maximum Gasteiger partial charge on any atom is 0.222 e. The zero-order valence-corrected chi connectivity index (χ0v) is 11.2. The van der Waals surface area contributed by atoms with E-state index in [2.05, 4.69) is 36.5 Å². The molecule has 2 unspecified atom stereocenters. The number of hydrogen-bond acceptors (Lipinski definition) is 2. The van der Waals surface area contributed by atoms with Crippen molar-refractivity contribution in [2.24, 2.45) is 0 Å². The molecule has 98 valence electrons. The van der Waals surface area contributed by atoms with Crippen molar-refractivity contribution in [1.82, 2.24) is 10.2 Å². The van der Waals surface area contributed by atoms with Crippen LogP contribution in [0.1, 0.15) is 37.8 Å². The molecule has 0 radical (unpaired) electrons. The molecule has 1 aromatic rings. The number of nitrogens with one attached hydrogen (secondary N) is 1. The topological polar surface area (TPSA) is 32.3 Å². The molecule has 2 rings (SSSR count). The highest BCUT2D eigenvalue weighted by Crippen LogP contribution is 2.19. The van der Waals surface area contributed by atoms with Crippen molar-refractivity contribution in [3.63, 3.8) is 0 Å². The van der Waals surface area contributed by atoms with E-state index in [1.165, 1.54) is 5.56 Å². The Bertz CT molecular complexity index is 391. The Morgan fingerprint density at radius 2 is 2.11 bits per heavy atom. The number of likely N-dealkylation sites (N-methyl/N-ethyl adjacent to an activating group) is 1. The summed E-state index contributed by atoms with van der Waals surface area (Å²) in [6.45, 7) is 3.02. The Labute approximate surface area is 109 Å². The number of carbonyl (C=O) groups excluding carboxylic acids is 1. The number of rotatable bonds is 4. The van der Waals surface area contributed by atoms with E-state index in [-0.39, 0.29) is 5.91 Å². The van der Waals surface area contributed by atoms with Crippen LogP contribution in [0.25, 0.3) is 0 Å². The first-order chi connectivity index (χ1) is 8.70. The summed E-state index contributed by atoms with van der Waals surface area (Å²) in [5.74, 6) is 0.265. The Morgan fingerprint density at radius 3 is 2.72 bits per heavy atom. The highest BCUT2D eigenvalue weighted by atomic mass is 16.2. The quantitative estimate of drug-likeness (QED) is 0.884. The van der Waals surface area contributed by atoms with Gasteiger partial charge < -0.3 is 10.2 Å². The zero-order valence-electron chi connectivity index (χ0n) is 11.2. The van der Waals surface area contributed by atoms with E-state index in [4.69, 9.17) is 0 Å². The Kier molecular flexibility index (Phi) is 4.37. The lowest BCUT2D eigenvalue weighted by Gasteiger charge is -2.33. The fourth-order valence-corrected chi connectivity index (χ4v) is 2.57. The van der Waals surface area contributed by atoms with Crippen molar-refractivity contribution in [3.8, 4) is 0 Å². The van der Waals surface area contributed by atoms with Crippen LogP contribution >= 0.6 is 0 Å². The van der Waals surface area contributed by atoms with Crippen LogP contribution in [0.3, 0.4) is 0 Å². The van der Waals surface area contributed by atoms with Gasteiger partial charge in [-0.1, -0.05) is 37.3 Å². The van der Waals surface area contributed by atoms with Gasteiger partial charge in [0.1, 0.15) is 0 Å². The number of carbonyl (C=O) groups is 1. The standard InChI is InChI=1S/C15H22N2O/c1-3-14(12-7-5-4-6-8-12)16-13-9-10-15(18)17(2)11-13/h4-8,13-14,16H,3,9-11H2,1-2H3. The highest BCUT2D eigenvalue weighted by molar-refractivity contribution is 5.76. The van der Waals surface area contributed by atoms with Crippen LogP contribution in [-0.2, 0) is 4.79 Å². The van der Waals surface area contributed by atoms with Crippen LogP contribution in [0.5, 0.6) is 0 Å². The molecule has 0 spiro atoms. The summed E-state index contributed by atoms with van der Waals surface area (Å²) in [5, 5.41) is 3.68. The molecule has 0 aromatic heterocycles. The average molecular weight is 246 g/mol.